The first kappa shape index (κ1) is 17.9. The van der Waals surface area contributed by atoms with Crippen LogP contribution in [0.2, 0.25) is 10.0 Å². The van der Waals surface area contributed by atoms with Crippen LogP contribution in [0.25, 0.3) is 0 Å². The summed E-state index contributed by atoms with van der Waals surface area (Å²) in [6, 6.07) is 3.42. The number of nitrogens with zero attached hydrogens (tertiary/aromatic N) is 1. The molecule has 1 N–H and O–H groups in total. The number of piperidine rings is 1. The van der Waals surface area contributed by atoms with Crippen molar-refractivity contribution >= 4 is 44.1 Å². The Morgan fingerprint density at radius 2 is 2.21 bits per heavy atom. The number of morpholine rings is 1. The molecule has 3 rings (SSSR count). The fourth-order valence-corrected chi connectivity index (χ4v) is 4.68. The van der Waals surface area contributed by atoms with Crippen molar-refractivity contribution in [3.8, 4) is 5.75 Å². The Kier molecular flexibility index (Phi) is 5.32. The topological polar surface area (TPSA) is 59.0 Å². The smallest absolute Gasteiger partial charge is 0.254 e. The number of halogens is 2. The molecule has 2 heterocycles. The van der Waals surface area contributed by atoms with Gasteiger partial charge in [0.15, 0.2) is 6.10 Å². The van der Waals surface area contributed by atoms with Crippen molar-refractivity contribution in [2.45, 2.75) is 24.5 Å². The maximum atomic E-state index is 12.4. The highest BCUT2D eigenvalue weighted by Gasteiger charge is 2.42. The fraction of sp³-hybridized carbons (Fsp3) is 0.500. The molecule has 0 saturated carbocycles. The maximum absolute atomic E-state index is 12.4. The molecule has 2 saturated heterocycles. The van der Waals surface area contributed by atoms with Gasteiger partial charge in [0, 0.05) is 18.0 Å². The number of amides is 1. The first-order valence-corrected chi connectivity index (χ1v) is 9.19. The number of rotatable bonds is 3. The second-order valence-electron chi connectivity index (χ2n) is 5.95. The summed E-state index contributed by atoms with van der Waals surface area (Å²) < 4.78 is 11.0. The van der Waals surface area contributed by atoms with E-state index in [0.717, 1.165) is 17.2 Å². The van der Waals surface area contributed by atoms with Crippen LogP contribution < -0.4 is 4.74 Å². The summed E-state index contributed by atoms with van der Waals surface area (Å²) in [5, 5.41) is 11.4. The van der Waals surface area contributed by atoms with E-state index in [9.17, 15) is 9.90 Å². The van der Waals surface area contributed by atoms with Crippen molar-refractivity contribution < 1.29 is 19.4 Å². The molecule has 0 aromatic heterocycles. The maximum Gasteiger partial charge on any atom is 0.254 e. The lowest BCUT2D eigenvalue weighted by Gasteiger charge is -2.46. The molecule has 8 heteroatoms. The molecular formula is C16H19Cl2NO4Si. The number of ether oxygens (including phenoxy) is 2. The highest BCUT2D eigenvalue weighted by Crippen LogP contribution is 2.42. The van der Waals surface area contributed by atoms with E-state index in [4.69, 9.17) is 32.7 Å². The van der Waals surface area contributed by atoms with Crippen LogP contribution in [0.15, 0.2) is 12.1 Å². The molecule has 1 aromatic carbocycles. The second-order valence-corrected chi connectivity index (χ2v) is 7.55. The van der Waals surface area contributed by atoms with E-state index in [0.29, 0.717) is 28.9 Å². The molecule has 2 aliphatic heterocycles. The van der Waals surface area contributed by atoms with E-state index in [1.165, 1.54) is 0 Å². The van der Waals surface area contributed by atoms with Crippen molar-refractivity contribution in [2.75, 3.05) is 26.9 Å². The molecule has 24 heavy (non-hydrogen) atoms. The predicted octanol–water partition coefficient (Wildman–Crippen LogP) is 0.883. The summed E-state index contributed by atoms with van der Waals surface area (Å²) in [4.78, 5) is 14.2. The average Bonchev–Trinajstić information content (AvgIpc) is 2.59. The van der Waals surface area contributed by atoms with Crippen molar-refractivity contribution in [3.63, 3.8) is 0 Å². The third-order valence-electron chi connectivity index (χ3n) is 4.75. The lowest BCUT2D eigenvalue weighted by Crippen LogP contribution is -2.61. The Bertz CT molecular complexity index is 684. The van der Waals surface area contributed by atoms with Crippen LogP contribution in [0.4, 0.5) is 0 Å². The number of carbonyl (C=O) groups is 1. The summed E-state index contributed by atoms with van der Waals surface area (Å²) in [5.41, 5.74) is 0.869. The standard InChI is InChI=1S/C16H19Cl2NO4Si/c1-22-11-3-2-9(17)14(18)13(11)8-4-5-19-10(15(8)24)7-23-12(6-20)16(19)21/h2-3,8,10,12,20H,4-7,24H2,1H3/t8-,10+,12?/m0/s1. The lowest BCUT2D eigenvalue weighted by atomic mass is 9.83. The zero-order chi connectivity index (χ0) is 17.4. The van der Waals surface area contributed by atoms with Gasteiger partial charge in [0.2, 0.25) is 0 Å². The SMILES string of the molecule is COc1ccc(Cl)c(Cl)c1[C@@H]1CCN2C(=O)C(CO)OC[C@@H]2C1=[SiH2]. The largest absolute Gasteiger partial charge is 0.496 e. The summed E-state index contributed by atoms with van der Waals surface area (Å²) in [5.74, 6) is 0.594. The minimum atomic E-state index is -0.752. The molecule has 5 nitrogen and oxygen atoms in total. The van der Waals surface area contributed by atoms with Crippen molar-refractivity contribution in [1.82, 2.24) is 4.90 Å². The number of benzene rings is 1. The highest BCUT2D eigenvalue weighted by atomic mass is 35.5. The predicted molar refractivity (Wildman–Crippen MR) is 96.2 cm³/mol. The molecule has 0 bridgehead atoms. The third-order valence-corrected chi connectivity index (χ3v) is 6.53. The first-order chi connectivity index (χ1) is 11.5. The molecule has 1 aromatic rings. The average molecular weight is 388 g/mol. The molecule has 2 fully saturated rings. The van der Waals surface area contributed by atoms with E-state index in [1.807, 2.05) is 6.07 Å². The van der Waals surface area contributed by atoms with Gasteiger partial charge in [-0.15, -0.1) is 0 Å². The summed E-state index contributed by atoms with van der Waals surface area (Å²) in [6.45, 7) is 0.676. The van der Waals surface area contributed by atoms with Crippen molar-refractivity contribution in [3.05, 3.63) is 27.7 Å². The number of hydrogen-bond acceptors (Lipinski definition) is 4. The Morgan fingerprint density at radius 1 is 1.46 bits per heavy atom. The quantitative estimate of drug-likeness (QED) is 0.782. The third kappa shape index (κ3) is 2.91. The molecule has 2 aliphatic rings. The molecule has 3 atom stereocenters. The number of methoxy groups -OCH3 is 1. The molecule has 130 valence electrons. The van der Waals surface area contributed by atoms with Crippen LogP contribution in [0.3, 0.4) is 0 Å². The second kappa shape index (κ2) is 7.13. The Hall–Kier alpha value is -0.923. The van der Waals surface area contributed by atoms with Crippen LogP contribution in [0.5, 0.6) is 5.75 Å². The van der Waals surface area contributed by atoms with Gasteiger partial charge in [0.05, 0.1) is 36.4 Å². The first-order valence-electron chi connectivity index (χ1n) is 7.73. The highest BCUT2D eigenvalue weighted by molar-refractivity contribution is 6.45. The number of fused-ring (bicyclic) bond motifs is 1. The minimum Gasteiger partial charge on any atom is -0.496 e. The zero-order valence-corrected chi connectivity index (χ0v) is 16.2. The monoisotopic (exact) mass is 387 g/mol. The van der Waals surface area contributed by atoms with Gasteiger partial charge < -0.3 is 19.5 Å². The van der Waals surface area contributed by atoms with Crippen LogP contribution in [0.1, 0.15) is 17.9 Å². The van der Waals surface area contributed by atoms with Crippen molar-refractivity contribution in [1.29, 1.82) is 0 Å². The summed E-state index contributed by atoms with van der Waals surface area (Å²) >= 11 is 12.7. The lowest BCUT2D eigenvalue weighted by molar-refractivity contribution is -0.160. The van der Waals surface area contributed by atoms with Gasteiger partial charge in [-0.05, 0) is 28.4 Å². The number of aliphatic hydroxyl groups is 1. The van der Waals surface area contributed by atoms with E-state index >= 15 is 0 Å². The molecule has 0 radical (unpaired) electrons. The van der Waals surface area contributed by atoms with Gasteiger partial charge >= 0.3 is 0 Å². The Labute approximate surface area is 153 Å². The summed E-state index contributed by atoms with van der Waals surface area (Å²) in [7, 11) is 3.37. The van der Waals surface area contributed by atoms with Crippen molar-refractivity contribution in [2.24, 2.45) is 0 Å². The zero-order valence-electron chi connectivity index (χ0n) is 13.3. The number of carbonyl (C=O) groups excluding carboxylic acids is 1. The molecule has 0 aliphatic carbocycles. The van der Waals surface area contributed by atoms with Crippen LogP contribution >= 0.6 is 23.2 Å². The summed E-state index contributed by atoms with van der Waals surface area (Å²) in [6.07, 6.45) is -0.0199. The van der Waals surface area contributed by atoms with Gasteiger partial charge in [-0.2, -0.15) is 0 Å². The normalized spacial score (nSPS) is 27.2. The van der Waals surface area contributed by atoms with E-state index in [-0.39, 0.29) is 24.5 Å². The Balaban J connectivity index is 1.93. The van der Waals surface area contributed by atoms with Crippen LogP contribution in [-0.4, -0.2) is 70.0 Å². The number of hydrogen-bond donors (Lipinski definition) is 1. The van der Waals surface area contributed by atoms with Gasteiger partial charge in [-0.25, -0.2) is 0 Å². The van der Waals surface area contributed by atoms with Crippen LogP contribution in [-0.2, 0) is 9.53 Å². The van der Waals surface area contributed by atoms with Gasteiger partial charge in [0.1, 0.15) is 5.75 Å². The van der Waals surface area contributed by atoms with Gasteiger partial charge in [0.25, 0.3) is 5.91 Å². The minimum absolute atomic E-state index is 0.0489. The number of aliphatic hydroxyl groups excluding tert-OH is 1. The Morgan fingerprint density at radius 3 is 2.88 bits per heavy atom. The molecule has 0 spiro atoms. The van der Waals surface area contributed by atoms with Gasteiger partial charge in [-0.1, -0.05) is 28.4 Å². The molecule has 1 unspecified atom stereocenters. The van der Waals surface area contributed by atoms with Gasteiger partial charge in [-0.3, -0.25) is 4.79 Å². The molecule has 1 amide bonds. The van der Waals surface area contributed by atoms with E-state index in [2.05, 4.69) is 0 Å². The van der Waals surface area contributed by atoms with E-state index < -0.39 is 6.10 Å². The molecular weight excluding hydrogens is 369 g/mol. The fourth-order valence-electron chi connectivity index (χ4n) is 3.48. The van der Waals surface area contributed by atoms with Crippen LogP contribution in [0, 0.1) is 0 Å². The van der Waals surface area contributed by atoms with E-state index in [1.54, 1.807) is 27.9 Å².